The van der Waals surface area contributed by atoms with E-state index in [4.69, 9.17) is 14.6 Å². The Morgan fingerprint density at radius 3 is 2.00 bits per heavy atom. The fourth-order valence-corrected chi connectivity index (χ4v) is 3.70. The average molecular weight is 405 g/mol. The summed E-state index contributed by atoms with van der Waals surface area (Å²) < 4.78 is 62.5. The third-order valence-electron chi connectivity index (χ3n) is 4.24. The average Bonchev–Trinajstić information content (AvgIpc) is 2.68. The fraction of sp³-hybridized carbons (Fsp3) is 0.100. The van der Waals surface area contributed by atoms with Crippen molar-refractivity contribution in [2.45, 2.75) is 4.90 Å². The summed E-state index contributed by atoms with van der Waals surface area (Å²) in [6.45, 7) is 0. The van der Waals surface area contributed by atoms with Crippen molar-refractivity contribution in [2.24, 2.45) is 5.14 Å². The molecule has 0 spiro atoms. The lowest BCUT2D eigenvalue weighted by Crippen LogP contribution is -2.13. The number of methoxy groups -OCH3 is 2. The van der Waals surface area contributed by atoms with Crippen LogP contribution in [0.5, 0.6) is 11.5 Å². The molecule has 0 saturated carbocycles. The molecule has 0 amide bonds. The van der Waals surface area contributed by atoms with Gasteiger partial charge in [0.1, 0.15) is 0 Å². The van der Waals surface area contributed by atoms with Crippen LogP contribution in [0.3, 0.4) is 0 Å². The fourth-order valence-electron chi connectivity index (χ4n) is 2.95. The topological polar surface area (TPSA) is 78.6 Å². The van der Waals surface area contributed by atoms with E-state index in [2.05, 4.69) is 0 Å². The van der Waals surface area contributed by atoms with Gasteiger partial charge in [0.2, 0.25) is 10.0 Å². The SMILES string of the molecule is COc1ccc(-c2cc(F)c(F)cc2-c2ccccc2S(N)(=O)=O)cc1OC. The summed E-state index contributed by atoms with van der Waals surface area (Å²) in [4.78, 5) is -0.192. The van der Waals surface area contributed by atoms with Gasteiger partial charge in [-0.05, 0) is 47.0 Å². The summed E-state index contributed by atoms with van der Waals surface area (Å²) in [5, 5.41) is 5.30. The molecule has 0 aliphatic rings. The minimum Gasteiger partial charge on any atom is -0.493 e. The van der Waals surface area contributed by atoms with E-state index in [-0.39, 0.29) is 21.6 Å². The van der Waals surface area contributed by atoms with E-state index < -0.39 is 21.7 Å². The standard InChI is InChI=1S/C20H17F2NO4S/c1-26-18-8-7-12(9-19(18)27-2)14-10-16(21)17(22)11-15(14)13-5-3-4-6-20(13)28(23,24)25/h3-11H,1-2H3,(H2,23,24,25). The number of primary sulfonamides is 1. The van der Waals surface area contributed by atoms with Gasteiger partial charge in [-0.2, -0.15) is 0 Å². The molecule has 0 unspecified atom stereocenters. The number of benzene rings is 3. The third kappa shape index (κ3) is 3.69. The zero-order valence-electron chi connectivity index (χ0n) is 15.1. The first kappa shape index (κ1) is 19.8. The Bertz CT molecular complexity index is 1150. The zero-order valence-corrected chi connectivity index (χ0v) is 15.9. The van der Waals surface area contributed by atoms with Gasteiger partial charge < -0.3 is 9.47 Å². The molecule has 0 heterocycles. The molecule has 0 bridgehead atoms. The molecule has 0 saturated heterocycles. The Kier molecular flexibility index (Phi) is 5.35. The maximum atomic E-state index is 14.1. The van der Waals surface area contributed by atoms with Crippen LogP contribution < -0.4 is 14.6 Å². The van der Waals surface area contributed by atoms with Gasteiger partial charge in [0.25, 0.3) is 0 Å². The number of hydrogen-bond donors (Lipinski definition) is 1. The second-order valence-corrected chi connectivity index (χ2v) is 7.45. The van der Waals surface area contributed by atoms with Gasteiger partial charge in [-0.15, -0.1) is 0 Å². The molecular formula is C20H17F2NO4S. The smallest absolute Gasteiger partial charge is 0.238 e. The Morgan fingerprint density at radius 1 is 0.786 bits per heavy atom. The lowest BCUT2D eigenvalue weighted by molar-refractivity contribution is 0.355. The van der Waals surface area contributed by atoms with E-state index in [0.717, 1.165) is 12.1 Å². The van der Waals surface area contributed by atoms with Gasteiger partial charge in [-0.1, -0.05) is 24.3 Å². The highest BCUT2D eigenvalue weighted by Gasteiger charge is 2.20. The molecular weight excluding hydrogens is 388 g/mol. The molecule has 0 aliphatic carbocycles. The molecule has 3 aromatic carbocycles. The number of rotatable bonds is 5. The summed E-state index contributed by atoms with van der Waals surface area (Å²) in [5.41, 5.74) is 1.09. The molecule has 28 heavy (non-hydrogen) atoms. The Labute approximate surface area is 161 Å². The van der Waals surface area contributed by atoms with Crippen LogP contribution in [0, 0.1) is 11.6 Å². The summed E-state index contributed by atoms with van der Waals surface area (Å²) in [6.07, 6.45) is 0. The van der Waals surface area contributed by atoms with E-state index in [0.29, 0.717) is 17.1 Å². The van der Waals surface area contributed by atoms with E-state index >= 15 is 0 Å². The van der Waals surface area contributed by atoms with Crippen molar-refractivity contribution in [3.63, 3.8) is 0 Å². The normalized spacial score (nSPS) is 11.3. The minimum atomic E-state index is -4.09. The summed E-state index contributed by atoms with van der Waals surface area (Å²) >= 11 is 0. The van der Waals surface area contributed by atoms with Crippen LogP contribution in [0.25, 0.3) is 22.3 Å². The van der Waals surface area contributed by atoms with Crippen molar-refractivity contribution in [3.05, 3.63) is 66.2 Å². The number of sulfonamides is 1. The van der Waals surface area contributed by atoms with Gasteiger partial charge in [0.05, 0.1) is 19.1 Å². The number of halogens is 2. The molecule has 2 N–H and O–H groups in total. The molecule has 0 aromatic heterocycles. The summed E-state index contributed by atoms with van der Waals surface area (Å²) in [6, 6.07) is 12.7. The second-order valence-electron chi connectivity index (χ2n) is 5.92. The quantitative estimate of drug-likeness (QED) is 0.697. The monoisotopic (exact) mass is 405 g/mol. The van der Waals surface area contributed by atoms with E-state index in [1.165, 1.54) is 32.4 Å². The molecule has 5 nitrogen and oxygen atoms in total. The first-order chi connectivity index (χ1) is 13.3. The Balaban J connectivity index is 2.33. The molecule has 0 atom stereocenters. The lowest BCUT2D eigenvalue weighted by atomic mass is 9.94. The van der Waals surface area contributed by atoms with Crippen molar-refractivity contribution in [3.8, 4) is 33.8 Å². The van der Waals surface area contributed by atoms with Crippen molar-refractivity contribution >= 4 is 10.0 Å². The molecule has 8 heteroatoms. The van der Waals surface area contributed by atoms with Crippen LogP contribution in [-0.4, -0.2) is 22.6 Å². The second kappa shape index (κ2) is 7.57. The molecule has 0 fully saturated rings. The predicted octanol–water partition coefficient (Wildman–Crippen LogP) is 3.96. The van der Waals surface area contributed by atoms with E-state index in [1.807, 2.05) is 0 Å². The van der Waals surface area contributed by atoms with Crippen molar-refractivity contribution in [2.75, 3.05) is 14.2 Å². The van der Waals surface area contributed by atoms with E-state index in [9.17, 15) is 17.2 Å². The van der Waals surface area contributed by atoms with Gasteiger partial charge >= 0.3 is 0 Å². The van der Waals surface area contributed by atoms with Gasteiger partial charge in [0, 0.05) is 5.56 Å². The van der Waals surface area contributed by atoms with Crippen LogP contribution in [0.4, 0.5) is 8.78 Å². The van der Waals surface area contributed by atoms with Crippen molar-refractivity contribution in [1.82, 2.24) is 0 Å². The van der Waals surface area contributed by atoms with Crippen LogP contribution in [0.15, 0.2) is 59.5 Å². The highest BCUT2D eigenvalue weighted by atomic mass is 32.2. The number of hydrogen-bond acceptors (Lipinski definition) is 4. The molecule has 146 valence electrons. The lowest BCUT2D eigenvalue weighted by Gasteiger charge is -2.15. The largest absolute Gasteiger partial charge is 0.493 e. The summed E-state index contributed by atoms with van der Waals surface area (Å²) in [7, 11) is -1.16. The van der Waals surface area contributed by atoms with Crippen LogP contribution >= 0.6 is 0 Å². The third-order valence-corrected chi connectivity index (χ3v) is 5.21. The highest BCUT2D eigenvalue weighted by molar-refractivity contribution is 7.89. The van der Waals surface area contributed by atoms with Crippen molar-refractivity contribution < 1.29 is 26.7 Å². The maximum absolute atomic E-state index is 14.1. The van der Waals surface area contributed by atoms with Gasteiger partial charge in [-0.25, -0.2) is 22.3 Å². The molecule has 0 radical (unpaired) electrons. The molecule has 3 aromatic rings. The Hall–Kier alpha value is -2.97. The maximum Gasteiger partial charge on any atom is 0.238 e. The van der Waals surface area contributed by atoms with Gasteiger partial charge in [-0.3, -0.25) is 0 Å². The minimum absolute atomic E-state index is 0.161. The highest BCUT2D eigenvalue weighted by Crippen LogP contribution is 2.39. The summed E-state index contributed by atoms with van der Waals surface area (Å²) in [5.74, 6) is -1.33. The number of ether oxygens (including phenoxy) is 2. The first-order valence-electron chi connectivity index (χ1n) is 8.10. The van der Waals surface area contributed by atoms with Crippen LogP contribution in [0.1, 0.15) is 0 Å². The molecule has 3 rings (SSSR count). The molecule has 0 aliphatic heterocycles. The number of nitrogens with two attached hydrogens (primary N) is 1. The zero-order chi connectivity index (χ0) is 20.5. The Morgan fingerprint density at radius 2 is 1.39 bits per heavy atom. The van der Waals surface area contributed by atoms with Gasteiger partial charge in [0.15, 0.2) is 23.1 Å². The van der Waals surface area contributed by atoms with Crippen LogP contribution in [0.2, 0.25) is 0 Å². The van der Waals surface area contributed by atoms with Crippen molar-refractivity contribution in [1.29, 1.82) is 0 Å². The predicted molar refractivity (Wildman–Crippen MR) is 102 cm³/mol. The van der Waals surface area contributed by atoms with E-state index in [1.54, 1.807) is 24.3 Å². The first-order valence-corrected chi connectivity index (χ1v) is 9.64. The van der Waals surface area contributed by atoms with Crippen LogP contribution in [-0.2, 0) is 10.0 Å².